The van der Waals surface area contributed by atoms with Crippen LogP contribution in [0.3, 0.4) is 0 Å². The lowest BCUT2D eigenvalue weighted by atomic mass is 10.2. The highest BCUT2D eigenvalue weighted by Gasteiger charge is 2.31. The largest absolute Gasteiger partial charge is 0.371 e. The zero-order chi connectivity index (χ0) is 14.1. The Morgan fingerprint density at radius 2 is 1.74 bits per heavy atom. The van der Waals surface area contributed by atoms with Crippen LogP contribution in [-0.2, 0) is 13.6 Å². The van der Waals surface area contributed by atoms with E-state index in [1.165, 1.54) is 0 Å². The van der Waals surface area contributed by atoms with Gasteiger partial charge in [0.2, 0.25) is 0 Å². The van der Waals surface area contributed by atoms with Gasteiger partial charge in [-0.3, -0.25) is 4.57 Å². The van der Waals surface area contributed by atoms with Gasteiger partial charge >= 0.3 is 7.60 Å². The van der Waals surface area contributed by atoms with Crippen LogP contribution in [0.4, 0.5) is 0 Å². The first-order valence-electron chi connectivity index (χ1n) is 6.42. The van der Waals surface area contributed by atoms with Crippen LogP contribution in [0.15, 0.2) is 35.3 Å². The summed E-state index contributed by atoms with van der Waals surface area (Å²) in [5.41, 5.74) is 0.755. The fourth-order valence-electron chi connectivity index (χ4n) is 1.54. The number of rotatable bonds is 7. The molecule has 0 unspecified atom stereocenters. The lowest BCUT2D eigenvalue weighted by Gasteiger charge is -2.18. The summed E-state index contributed by atoms with van der Waals surface area (Å²) in [6.45, 7) is 6.63. The third kappa shape index (κ3) is 4.45. The van der Waals surface area contributed by atoms with Crippen LogP contribution in [0.1, 0.15) is 26.3 Å². The molecule has 0 aromatic heterocycles. The molecular formula is C14H20NO3P. The van der Waals surface area contributed by atoms with Crippen LogP contribution in [0.2, 0.25) is 0 Å². The minimum atomic E-state index is -3.37. The van der Waals surface area contributed by atoms with Gasteiger partial charge in [0.25, 0.3) is 0 Å². The molecule has 0 spiro atoms. The maximum Gasteiger partial charge on any atom is 0.371 e. The molecule has 0 fully saturated rings. The van der Waals surface area contributed by atoms with Gasteiger partial charge in [-0.2, -0.15) is 0 Å². The Morgan fingerprint density at radius 3 is 2.21 bits per heavy atom. The van der Waals surface area contributed by atoms with E-state index < -0.39 is 7.60 Å². The van der Waals surface area contributed by atoms with E-state index in [0.29, 0.717) is 25.1 Å². The Balaban J connectivity index is 3.31. The molecule has 19 heavy (non-hydrogen) atoms. The molecule has 0 atom stereocenters. The van der Waals surface area contributed by atoms with E-state index in [9.17, 15) is 4.57 Å². The molecule has 0 heterocycles. The number of benzene rings is 1. The van der Waals surface area contributed by atoms with E-state index in [4.69, 9.17) is 9.05 Å². The van der Waals surface area contributed by atoms with Crippen molar-refractivity contribution in [3.8, 4) is 0 Å². The van der Waals surface area contributed by atoms with E-state index in [0.717, 1.165) is 5.56 Å². The van der Waals surface area contributed by atoms with E-state index in [1.807, 2.05) is 37.3 Å². The van der Waals surface area contributed by atoms with E-state index >= 15 is 0 Å². The molecule has 1 aromatic rings. The molecule has 0 aliphatic rings. The van der Waals surface area contributed by atoms with Crippen molar-refractivity contribution in [2.24, 2.45) is 4.99 Å². The zero-order valence-corrected chi connectivity index (χ0v) is 12.5. The summed E-state index contributed by atoms with van der Waals surface area (Å²) in [6, 6.07) is 9.32. The number of aliphatic imine (C=N–C) groups is 1. The monoisotopic (exact) mass is 281 g/mol. The van der Waals surface area contributed by atoms with Gasteiger partial charge in [-0.25, -0.2) is 4.99 Å². The van der Waals surface area contributed by atoms with Crippen LogP contribution in [-0.4, -0.2) is 25.6 Å². The predicted octanol–water partition coefficient (Wildman–Crippen LogP) is 3.98. The first kappa shape index (κ1) is 15.9. The Morgan fingerprint density at radius 1 is 1.16 bits per heavy atom. The van der Waals surface area contributed by atoms with Crippen molar-refractivity contribution in [3.63, 3.8) is 0 Å². The van der Waals surface area contributed by atoms with Crippen molar-refractivity contribution >= 4 is 18.8 Å². The van der Waals surface area contributed by atoms with Gasteiger partial charge in [0.05, 0.1) is 13.2 Å². The van der Waals surface area contributed by atoms with Gasteiger partial charge in [0.15, 0.2) is 0 Å². The van der Waals surface area contributed by atoms with Crippen LogP contribution in [0.25, 0.3) is 5.31 Å². The maximum atomic E-state index is 12.8. The van der Waals surface area contributed by atoms with E-state index in [1.54, 1.807) is 13.8 Å². The fourth-order valence-corrected chi connectivity index (χ4v) is 3.21. The average Bonchev–Trinajstić information content (AvgIpc) is 2.41. The highest BCUT2D eigenvalue weighted by Crippen LogP contribution is 2.59. The molecule has 0 saturated heterocycles. The van der Waals surface area contributed by atoms with Gasteiger partial charge in [0.1, 0.15) is 5.31 Å². The zero-order valence-electron chi connectivity index (χ0n) is 11.6. The fraction of sp³-hybridized carbons (Fsp3) is 0.429. The number of hydrogen-bond acceptors (Lipinski definition) is 4. The van der Waals surface area contributed by atoms with Gasteiger partial charge in [-0.15, -0.1) is 0 Å². The van der Waals surface area contributed by atoms with Crippen molar-refractivity contribution in [1.82, 2.24) is 0 Å². The molecule has 0 saturated carbocycles. The Labute approximate surface area is 114 Å². The molecule has 104 valence electrons. The third-order valence-corrected chi connectivity index (χ3v) is 4.36. The normalized spacial score (nSPS) is 10.9. The maximum absolute atomic E-state index is 12.8. The number of nitrogens with zero attached hydrogens (tertiary/aromatic N) is 1. The van der Waals surface area contributed by atoms with Crippen molar-refractivity contribution in [3.05, 3.63) is 35.9 Å². The molecule has 1 rings (SSSR count). The first-order valence-corrected chi connectivity index (χ1v) is 7.96. The van der Waals surface area contributed by atoms with Gasteiger partial charge in [0, 0.05) is 6.54 Å². The lowest BCUT2D eigenvalue weighted by molar-refractivity contribution is 0.231. The summed E-state index contributed by atoms with van der Waals surface area (Å²) in [5, 5.41) is 0.388. The van der Waals surface area contributed by atoms with Crippen molar-refractivity contribution in [1.29, 1.82) is 0 Å². The molecule has 4 nitrogen and oxygen atoms in total. The van der Waals surface area contributed by atoms with Gasteiger partial charge in [-0.1, -0.05) is 30.3 Å². The summed E-state index contributed by atoms with van der Waals surface area (Å²) >= 11 is 0. The highest BCUT2D eigenvalue weighted by atomic mass is 31.2. The predicted molar refractivity (Wildman–Crippen MR) is 78.7 cm³/mol. The summed E-state index contributed by atoms with van der Waals surface area (Å²) in [6.07, 6.45) is 0. The average molecular weight is 281 g/mol. The van der Waals surface area contributed by atoms with Crippen LogP contribution in [0.5, 0.6) is 0 Å². The Bertz CT molecular complexity index is 483. The summed E-state index contributed by atoms with van der Waals surface area (Å²) in [7, 11) is -3.37. The van der Waals surface area contributed by atoms with Gasteiger partial charge in [-0.05, 0) is 32.2 Å². The second-order valence-corrected chi connectivity index (χ2v) is 5.59. The van der Waals surface area contributed by atoms with Crippen LogP contribution >= 0.6 is 7.60 Å². The molecule has 0 amide bonds. The summed E-state index contributed by atoms with van der Waals surface area (Å²) in [5.74, 6) is 2.82. The van der Waals surface area contributed by atoms with Crippen molar-refractivity contribution < 1.29 is 13.6 Å². The van der Waals surface area contributed by atoms with E-state index in [-0.39, 0.29) is 0 Å². The minimum absolute atomic E-state index is 0.307. The molecule has 0 aliphatic heterocycles. The van der Waals surface area contributed by atoms with Crippen molar-refractivity contribution in [2.45, 2.75) is 20.8 Å². The highest BCUT2D eigenvalue weighted by molar-refractivity contribution is 7.65. The quantitative estimate of drug-likeness (QED) is 0.561. The lowest BCUT2D eigenvalue weighted by Crippen LogP contribution is -1.99. The standard InChI is InChI=1S/C14H20NO3P/c1-4-15-12-14(13-10-8-7-9-11-13)19(16,17-5-2)18-6-3/h7-11H,4-6H2,1-3H3. The topological polar surface area (TPSA) is 47.9 Å². The SMILES string of the molecule is CCN=C=C(c1ccccc1)P(=O)(OCC)OCC. The minimum Gasteiger partial charge on any atom is -0.305 e. The first-order chi connectivity index (χ1) is 9.18. The summed E-state index contributed by atoms with van der Waals surface area (Å²) in [4.78, 5) is 4.06. The van der Waals surface area contributed by atoms with Crippen molar-refractivity contribution in [2.75, 3.05) is 19.8 Å². The molecule has 0 radical (unpaired) electrons. The second kappa shape index (κ2) is 8.08. The molecular weight excluding hydrogens is 261 g/mol. The number of hydrogen-bond donors (Lipinski definition) is 0. The van der Waals surface area contributed by atoms with Crippen LogP contribution in [0, 0.1) is 0 Å². The Kier molecular flexibility index (Phi) is 6.75. The molecule has 0 bridgehead atoms. The van der Waals surface area contributed by atoms with E-state index in [2.05, 4.69) is 10.9 Å². The molecule has 0 N–H and O–H groups in total. The summed E-state index contributed by atoms with van der Waals surface area (Å²) < 4.78 is 23.5. The molecule has 1 aromatic carbocycles. The van der Waals surface area contributed by atoms with Crippen LogP contribution < -0.4 is 0 Å². The molecule has 0 aliphatic carbocycles. The van der Waals surface area contributed by atoms with Gasteiger partial charge < -0.3 is 9.05 Å². The Hall–Kier alpha value is -1.18. The smallest absolute Gasteiger partial charge is 0.305 e. The third-order valence-electron chi connectivity index (χ3n) is 2.26. The second-order valence-electron chi connectivity index (χ2n) is 3.63. The molecule has 5 heteroatoms.